The van der Waals surface area contributed by atoms with Crippen LogP contribution in [0.3, 0.4) is 0 Å². The maximum Gasteiger partial charge on any atom is 0.0406 e. The highest BCUT2D eigenvalue weighted by atomic mass is 35.5. The van der Waals surface area contributed by atoms with E-state index in [2.05, 4.69) is 38.2 Å². The molecule has 1 aliphatic rings. The van der Waals surface area contributed by atoms with Crippen molar-refractivity contribution in [2.45, 2.75) is 65.0 Å². The van der Waals surface area contributed by atoms with Crippen LogP contribution in [0.25, 0.3) is 0 Å². The summed E-state index contributed by atoms with van der Waals surface area (Å²) in [5.41, 5.74) is 1.87. The SMILES string of the molecule is CC(Cc1ccc(Cl)cc1)NC1CCCC(C)(C)C1. The third-order valence-corrected chi connectivity index (χ3v) is 4.43. The van der Waals surface area contributed by atoms with Gasteiger partial charge >= 0.3 is 0 Å². The predicted octanol–water partition coefficient (Wildman–Crippen LogP) is 4.83. The van der Waals surface area contributed by atoms with Crippen LogP contribution in [0.15, 0.2) is 24.3 Å². The van der Waals surface area contributed by atoms with Crippen LogP contribution in [0.2, 0.25) is 5.02 Å². The second-order valence-corrected chi connectivity index (χ2v) is 7.29. The van der Waals surface area contributed by atoms with Gasteiger partial charge in [-0.25, -0.2) is 0 Å². The molecule has 0 aromatic heterocycles. The average Bonchev–Trinajstić information content (AvgIpc) is 2.30. The standard InChI is InChI=1S/C17H26ClN/c1-13(11-14-6-8-15(18)9-7-14)19-16-5-4-10-17(2,3)12-16/h6-9,13,16,19H,4-5,10-12H2,1-3H3. The predicted molar refractivity (Wildman–Crippen MR) is 83.8 cm³/mol. The zero-order valence-electron chi connectivity index (χ0n) is 12.4. The van der Waals surface area contributed by atoms with E-state index in [0.717, 1.165) is 11.4 Å². The van der Waals surface area contributed by atoms with Crippen LogP contribution in [0.1, 0.15) is 52.0 Å². The number of halogens is 1. The van der Waals surface area contributed by atoms with E-state index in [9.17, 15) is 0 Å². The molecule has 1 fully saturated rings. The maximum atomic E-state index is 5.92. The Morgan fingerprint density at radius 1 is 1.32 bits per heavy atom. The quantitative estimate of drug-likeness (QED) is 0.832. The van der Waals surface area contributed by atoms with Gasteiger partial charge in [-0.15, -0.1) is 0 Å². The third-order valence-electron chi connectivity index (χ3n) is 4.18. The van der Waals surface area contributed by atoms with Crippen LogP contribution in [-0.2, 0) is 6.42 Å². The van der Waals surface area contributed by atoms with Gasteiger partial charge in [-0.3, -0.25) is 0 Å². The molecule has 2 heteroatoms. The Labute approximate surface area is 122 Å². The van der Waals surface area contributed by atoms with E-state index < -0.39 is 0 Å². The fourth-order valence-corrected chi connectivity index (χ4v) is 3.40. The molecule has 106 valence electrons. The summed E-state index contributed by atoms with van der Waals surface area (Å²) in [7, 11) is 0. The number of hydrogen-bond donors (Lipinski definition) is 1. The molecule has 1 aromatic carbocycles. The normalized spacial score (nSPS) is 24.1. The largest absolute Gasteiger partial charge is 0.311 e. The highest BCUT2D eigenvalue weighted by Crippen LogP contribution is 2.35. The van der Waals surface area contributed by atoms with Crippen LogP contribution in [-0.4, -0.2) is 12.1 Å². The minimum atomic E-state index is 0.510. The Bertz CT molecular complexity index is 396. The van der Waals surface area contributed by atoms with Gasteiger partial charge in [-0.05, 0) is 55.7 Å². The Kier molecular flexibility index (Phi) is 4.92. The summed E-state index contributed by atoms with van der Waals surface area (Å²) in [6.07, 6.45) is 6.44. The summed E-state index contributed by atoms with van der Waals surface area (Å²) in [4.78, 5) is 0. The lowest BCUT2D eigenvalue weighted by atomic mass is 9.75. The van der Waals surface area contributed by atoms with Crippen molar-refractivity contribution in [3.63, 3.8) is 0 Å². The Morgan fingerprint density at radius 3 is 2.63 bits per heavy atom. The first-order chi connectivity index (χ1) is 8.94. The molecule has 0 amide bonds. The first-order valence-electron chi connectivity index (χ1n) is 7.45. The second-order valence-electron chi connectivity index (χ2n) is 6.86. The van der Waals surface area contributed by atoms with Gasteiger partial charge in [0.2, 0.25) is 0 Å². The number of rotatable bonds is 4. The van der Waals surface area contributed by atoms with Crippen molar-refractivity contribution in [3.8, 4) is 0 Å². The van der Waals surface area contributed by atoms with Crippen molar-refractivity contribution in [2.24, 2.45) is 5.41 Å². The molecule has 0 bridgehead atoms. The molecule has 0 radical (unpaired) electrons. The van der Waals surface area contributed by atoms with Crippen LogP contribution in [0.4, 0.5) is 0 Å². The summed E-state index contributed by atoms with van der Waals surface area (Å²) in [5.74, 6) is 0. The molecule has 2 unspecified atom stereocenters. The molecule has 19 heavy (non-hydrogen) atoms. The van der Waals surface area contributed by atoms with Gasteiger partial charge < -0.3 is 5.32 Å². The molecule has 1 aliphatic carbocycles. The minimum absolute atomic E-state index is 0.510. The molecular formula is C17H26ClN. The molecule has 0 saturated heterocycles. The fourth-order valence-electron chi connectivity index (χ4n) is 3.28. The van der Waals surface area contributed by atoms with E-state index >= 15 is 0 Å². The smallest absolute Gasteiger partial charge is 0.0406 e. The summed E-state index contributed by atoms with van der Waals surface area (Å²) in [6.45, 7) is 7.08. The molecule has 1 aromatic rings. The van der Waals surface area contributed by atoms with E-state index in [-0.39, 0.29) is 0 Å². The van der Waals surface area contributed by atoms with Crippen LogP contribution in [0.5, 0.6) is 0 Å². The molecule has 0 heterocycles. The highest BCUT2D eigenvalue weighted by molar-refractivity contribution is 6.30. The van der Waals surface area contributed by atoms with Gasteiger partial charge in [0.1, 0.15) is 0 Å². The average molecular weight is 280 g/mol. The summed E-state index contributed by atoms with van der Waals surface area (Å²) in [6, 6.07) is 9.43. The number of hydrogen-bond acceptors (Lipinski definition) is 1. The van der Waals surface area contributed by atoms with Gasteiger partial charge in [-0.1, -0.05) is 44.0 Å². The van der Waals surface area contributed by atoms with Gasteiger partial charge in [0.25, 0.3) is 0 Å². The Balaban J connectivity index is 1.84. The summed E-state index contributed by atoms with van der Waals surface area (Å²) in [5, 5.41) is 4.62. The summed E-state index contributed by atoms with van der Waals surface area (Å²) >= 11 is 5.92. The highest BCUT2D eigenvalue weighted by Gasteiger charge is 2.28. The van der Waals surface area contributed by atoms with Crippen molar-refractivity contribution in [2.75, 3.05) is 0 Å². The van der Waals surface area contributed by atoms with Crippen LogP contribution in [0, 0.1) is 5.41 Å². The topological polar surface area (TPSA) is 12.0 Å². The van der Waals surface area contributed by atoms with E-state index in [0.29, 0.717) is 17.5 Å². The van der Waals surface area contributed by atoms with Gasteiger partial charge in [0.15, 0.2) is 0 Å². The van der Waals surface area contributed by atoms with Crippen molar-refractivity contribution in [1.82, 2.24) is 5.32 Å². The number of nitrogens with one attached hydrogen (secondary N) is 1. The van der Waals surface area contributed by atoms with E-state index in [4.69, 9.17) is 11.6 Å². The lowest BCUT2D eigenvalue weighted by Gasteiger charge is -2.37. The molecule has 0 aliphatic heterocycles. The Morgan fingerprint density at radius 2 is 2.00 bits per heavy atom. The monoisotopic (exact) mass is 279 g/mol. The van der Waals surface area contributed by atoms with Gasteiger partial charge in [-0.2, -0.15) is 0 Å². The van der Waals surface area contributed by atoms with Crippen LogP contribution < -0.4 is 5.32 Å². The molecule has 2 rings (SSSR count). The zero-order chi connectivity index (χ0) is 13.9. The molecule has 2 atom stereocenters. The zero-order valence-corrected chi connectivity index (χ0v) is 13.1. The Hall–Kier alpha value is -0.530. The maximum absolute atomic E-state index is 5.92. The lowest BCUT2D eigenvalue weighted by molar-refractivity contribution is 0.190. The molecule has 1 nitrogen and oxygen atoms in total. The molecule has 0 spiro atoms. The van der Waals surface area contributed by atoms with Crippen molar-refractivity contribution >= 4 is 11.6 Å². The van der Waals surface area contributed by atoms with Crippen molar-refractivity contribution < 1.29 is 0 Å². The third kappa shape index (κ3) is 4.81. The summed E-state index contributed by atoms with van der Waals surface area (Å²) < 4.78 is 0. The number of benzene rings is 1. The minimum Gasteiger partial charge on any atom is -0.311 e. The van der Waals surface area contributed by atoms with E-state index in [1.165, 1.54) is 31.2 Å². The molecular weight excluding hydrogens is 254 g/mol. The fraction of sp³-hybridized carbons (Fsp3) is 0.647. The first-order valence-corrected chi connectivity index (χ1v) is 7.83. The lowest BCUT2D eigenvalue weighted by Crippen LogP contribution is -2.42. The van der Waals surface area contributed by atoms with E-state index in [1.807, 2.05) is 12.1 Å². The van der Waals surface area contributed by atoms with Gasteiger partial charge in [0, 0.05) is 17.1 Å². The van der Waals surface area contributed by atoms with E-state index in [1.54, 1.807) is 0 Å². The molecule has 1 N–H and O–H groups in total. The van der Waals surface area contributed by atoms with Crippen LogP contribution >= 0.6 is 11.6 Å². The second kappa shape index (κ2) is 6.28. The first kappa shape index (κ1) is 14.9. The molecule has 1 saturated carbocycles. The van der Waals surface area contributed by atoms with Crippen molar-refractivity contribution in [3.05, 3.63) is 34.9 Å². The van der Waals surface area contributed by atoms with Crippen molar-refractivity contribution in [1.29, 1.82) is 0 Å². The van der Waals surface area contributed by atoms with Gasteiger partial charge in [0.05, 0.1) is 0 Å².